The van der Waals surface area contributed by atoms with Gasteiger partial charge >= 0.3 is 0 Å². The van der Waals surface area contributed by atoms with Crippen molar-refractivity contribution >= 4 is 17.6 Å². The Morgan fingerprint density at radius 3 is 2.61 bits per heavy atom. The number of nitrogens with zero attached hydrogens (tertiary/aromatic N) is 1. The summed E-state index contributed by atoms with van der Waals surface area (Å²) >= 11 is 1.38. The summed E-state index contributed by atoms with van der Waals surface area (Å²) in [4.78, 5) is 12.6. The second-order valence-corrected chi connectivity index (χ2v) is 6.01. The first kappa shape index (κ1) is 15.0. The summed E-state index contributed by atoms with van der Waals surface area (Å²) in [7, 11) is 0. The Hall–Kier alpha value is -2.90. The first-order valence-corrected chi connectivity index (χ1v) is 7.88. The van der Waals surface area contributed by atoms with Gasteiger partial charge in [-0.1, -0.05) is 30.3 Å². The summed E-state index contributed by atoms with van der Waals surface area (Å²) in [5.41, 5.74) is 2.48. The summed E-state index contributed by atoms with van der Waals surface area (Å²) in [6.45, 7) is 0.449. The van der Waals surface area contributed by atoms with Crippen molar-refractivity contribution in [3.05, 3.63) is 76.7 Å². The molecule has 0 saturated carbocycles. The van der Waals surface area contributed by atoms with E-state index >= 15 is 0 Å². The number of nitriles is 1. The lowest BCUT2D eigenvalue weighted by atomic mass is 10.1. The van der Waals surface area contributed by atoms with Crippen LogP contribution in [-0.2, 0) is 6.61 Å². The maximum Gasteiger partial charge on any atom is 0.150 e. The molecule has 0 unspecified atom stereocenters. The largest absolute Gasteiger partial charge is 0.488 e. The van der Waals surface area contributed by atoms with Crippen LogP contribution in [-0.4, -0.2) is 6.29 Å². The molecule has 3 nitrogen and oxygen atoms in total. The minimum absolute atomic E-state index is 0.449. The molecule has 4 heteroatoms. The molecule has 2 aromatic carbocycles. The molecule has 112 valence electrons. The molecule has 1 heterocycles. The number of thiophene rings is 1. The van der Waals surface area contributed by atoms with Crippen molar-refractivity contribution in [1.82, 2.24) is 0 Å². The third-order valence-corrected chi connectivity index (χ3v) is 4.38. The molecule has 0 fully saturated rings. The molecular formula is C19H13NO2S. The number of benzene rings is 2. The lowest BCUT2D eigenvalue weighted by Gasteiger charge is -2.11. The van der Waals surface area contributed by atoms with Crippen LogP contribution in [0.25, 0.3) is 10.4 Å². The van der Waals surface area contributed by atoms with Crippen LogP contribution in [0.3, 0.4) is 0 Å². The van der Waals surface area contributed by atoms with Crippen molar-refractivity contribution in [3.8, 4) is 22.3 Å². The molecule has 0 bridgehead atoms. The number of hydrogen-bond acceptors (Lipinski definition) is 4. The number of rotatable bonds is 5. The van der Waals surface area contributed by atoms with Gasteiger partial charge in [0.25, 0.3) is 0 Å². The van der Waals surface area contributed by atoms with Crippen LogP contribution >= 0.6 is 11.3 Å². The molecule has 0 spiro atoms. The summed E-state index contributed by atoms with van der Waals surface area (Å²) in [6, 6.07) is 21.0. The molecule has 23 heavy (non-hydrogen) atoms. The van der Waals surface area contributed by atoms with E-state index in [9.17, 15) is 4.79 Å². The Morgan fingerprint density at radius 1 is 1.09 bits per heavy atom. The summed E-state index contributed by atoms with van der Waals surface area (Å²) in [5.74, 6) is 0.700. The molecule has 0 radical (unpaired) electrons. The van der Waals surface area contributed by atoms with E-state index in [1.807, 2.05) is 36.4 Å². The quantitative estimate of drug-likeness (QED) is 0.642. The van der Waals surface area contributed by atoms with Gasteiger partial charge in [0.05, 0.1) is 0 Å². The average molecular weight is 319 g/mol. The zero-order chi connectivity index (χ0) is 16.1. The van der Waals surface area contributed by atoms with E-state index in [1.54, 1.807) is 24.3 Å². The smallest absolute Gasteiger partial charge is 0.150 e. The average Bonchev–Trinajstić information content (AvgIpc) is 3.10. The molecule has 0 amide bonds. The SMILES string of the molecule is N#Cc1ccc(-c2cc(C=O)ccc2OCc2ccccc2)s1. The number of carbonyl (C=O) groups excluding carboxylic acids is 1. The predicted octanol–water partition coefficient (Wildman–Crippen LogP) is 4.68. The highest BCUT2D eigenvalue weighted by Crippen LogP contribution is 2.35. The van der Waals surface area contributed by atoms with Crippen LogP contribution in [0.2, 0.25) is 0 Å². The molecule has 0 aliphatic heterocycles. The predicted molar refractivity (Wildman–Crippen MR) is 90.6 cm³/mol. The Kier molecular flexibility index (Phi) is 4.51. The van der Waals surface area contributed by atoms with Gasteiger partial charge in [-0.2, -0.15) is 5.26 Å². The fraction of sp³-hybridized carbons (Fsp3) is 0.0526. The van der Waals surface area contributed by atoms with Gasteiger partial charge < -0.3 is 4.74 Å². The normalized spacial score (nSPS) is 10.0. The van der Waals surface area contributed by atoms with E-state index in [0.29, 0.717) is 22.8 Å². The van der Waals surface area contributed by atoms with E-state index in [0.717, 1.165) is 22.3 Å². The number of aldehydes is 1. The zero-order valence-corrected chi connectivity index (χ0v) is 13.0. The topological polar surface area (TPSA) is 50.1 Å². The van der Waals surface area contributed by atoms with E-state index in [4.69, 9.17) is 10.00 Å². The number of hydrogen-bond donors (Lipinski definition) is 0. The molecule has 0 saturated heterocycles. The second kappa shape index (κ2) is 6.91. The molecule has 0 atom stereocenters. The van der Waals surface area contributed by atoms with Crippen LogP contribution in [0.1, 0.15) is 20.8 Å². The Bertz CT molecular complexity index is 863. The monoisotopic (exact) mass is 319 g/mol. The van der Waals surface area contributed by atoms with E-state index in [1.165, 1.54) is 11.3 Å². The third kappa shape index (κ3) is 3.47. The first-order valence-electron chi connectivity index (χ1n) is 7.06. The molecule has 0 aliphatic rings. The molecule has 3 rings (SSSR count). The lowest BCUT2D eigenvalue weighted by Crippen LogP contribution is -1.97. The van der Waals surface area contributed by atoms with Crippen molar-refractivity contribution in [2.24, 2.45) is 0 Å². The second-order valence-electron chi connectivity index (χ2n) is 4.92. The van der Waals surface area contributed by atoms with E-state index < -0.39 is 0 Å². The fourth-order valence-corrected chi connectivity index (χ4v) is 3.04. The van der Waals surface area contributed by atoms with Gasteiger partial charge in [-0.3, -0.25) is 4.79 Å². The molecule has 1 aromatic heterocycles. The zero-order valence-electron chi connectivity index (χ0n) is 12.2. The number of ether oxygens (including phenoxy) is 1. The fourth-order valence-electron chi connectivity index (χ4n) is 2.22. The molecule has 0 N–H and O–H groups in total. The Labute approximate surface area is 138 Å². The summed E-state index contributed by atoms with van der Waals surface area (Å²) < 4.78 is 5.93. The van der Waals surface area contributed by atoms with Gasteiger partial charge in [-0.25, -0.2) is 0 Å². The third-order valence-electron chi connectivity index (χ3n) is 3.36. The highest BCUT2D eigenvalue weighted by Gasteiger charge is 2.11. The van der Waals surface area contributed by atoms with Gasteiger partial charge in [0.1, 0.15) is 29.6 Å². The lowest BCUT2D eigenvalue weighted by molar-refractivity contribution is 0.112. The van der Waals surface area contributed by atoms with Gasteiger partial charge in [-0.05, 0) is 35.9 Å². The maximum atomic E-state index is 11.1. The van der Waals surface area contributed by atoms with Crippen LogP contribution in [0.15, 0.2) is 60.7 Å². The van der Waals surface area contributed by atoms with Crippen molar-refractivity contribution in [2.45, 2.75) is 6.61 Å². The highest BCUT2D eigenvalue weighted by atomic mass is 32.1. The van der Waals surface area contributed by atoms with Crippen LogP contribution < -0.4 is 4.74 Å². The molecular weight excluding hydrogens is 306 g/mol. The van der Waals surface area contributed by atoms with E-state index in [-0.39, 0.29) is 0 Å². The van der Waals surface area contributed by atoms with E-state index in [2.05, 4.69) is 6.07 Å². The minimum atomic E-state index is 0.449. The van der Waals surface area contributed by atoms with Crippen LogP contribution in [0.4, 0.5) is 0 Å². The van der Waals surface area contributed by atoms with Crippen molar-refractivity contribution < 1.29 is 9.53 Å². The Morgan fingerprint density at radius 2 is 1.91 bits per heavy atom. The van der Waals surface area contributed by atoms with Crippen LogP contribution in [0.5, 0.6) is 5.75 Å². The first-order chi connectivity index (χ1) is 11.3. The Balaban J connectivity index is 1.93. The van der Waals surface area contributed by atoms with Gasteiger partial charge in [-0.15, -0.1) is 11.3 Å². The minimum Gasteiger partial charge on any atom is -0.488 e. The van der Waals surface area contributed by atoms with Crippen LogP contribution in [0, 0.1) is 11.3 Å². The summed E-state index contributed by atoms with van der Waals surface area (Å²) in [5, 5.41) is 8.99. The van der Waals surface area contributed by atoms with Crippen molar-refractivity contribution in [2.75, 3.05) is 0 Å². The maximum absolute atomic E-state index is 11.1. The van der Waals surface area contributed by atoms with Crippen molar-refractivity contribution in [1.29, 1.82) is 5.26 Å². The van der Waals surface area contributed by atoms with Gasteiger partial charge in [0.2, 0.25) is 0 Å². The number of carbonyl (C=O) groups is 1. The standard InChI is InChI=1S/C19H13NO2S/c20-11-16-7-9-19(23-16)17-10-15(12-21)6-8-18(17)22-13-14-4-2-1-3-5-14/h1-10,12H,13H2. The summed E-state index contributed by atoms with van der Waals surface area (Å²) in [6.07, 6.45) is 0.809. The molecule has 0 aliphatic carbocycles. The van der Waals surface area contributed by atoms with Crippen molar-refractivity contribution in [3.63, 3.8) is 0 Å². The van der Waals surface area contributed by atoms with Gasteiger partial charge in [0.15, 0.2) is 0 Å². The van der Waals surface area contributed by atoms with Gasteiger partial charge in [0, 0.05) is 16.0 Å². The molecule has 3 aromatic rings. The highest BCUT2D eigenvalue weighted by molar-refractivity contribution is 7.16.